The number of hydrogen-bond donors (Lipinski definition) is 1. The van der Waals surface area contributed by atoms with Crippen molar-refractivity contribution < 1.29 is 9.18 Å². The lowest BCUT2D eigenvalue weighted by atomic mass is 10.1. The highest BCUT2D eigenvalue weighted by Crippen LogP contribution is 2.21. The maximum atomic E-state index is 13.6. The third kappa shape index (κ3) is 3.13. The van der Waals surface area contributed by atoms with Crippen molar-refractivity contribution >= 4 is 29.9 Å². The van der Waals surface area contributed by atoms with Crippen LogP contribution in [-0.2, 0) is 0 Å². The highest BCUT2D eigenvalue weighted by Gasteiger charge is 2.27. The molecular weight excluding hydrogens is 278 g/mol. The molecule has 1 unspecified atom stereocenters. The van der Waals surface area contributed by atoms with E-state index < -0.39 is 5.82 Å². The number of carbonyl (C=O) groups is 1. The number of benzene rings is 1. The molecule has 1 atom stereocenters. The number of nitrogens with two attached hydrogens (primary N) is 1. The second-order valence-corrected chi connectivity index (χ2v) is 4.70. The van der Waals surface area contributed by atoms with Crippen molar-refractivity contribution in [2.24, 2.45) is 11.7 Å². The van der Waals surface area contributed by atoms with Crippen LogP contribution in [0.2, 0.25) is 5.02 Å². The van der Waals surface area contributed by atoms with Crippen LogP contribution in [0.5, 0.6) is 0 Å². The van der Waals surface area contributed by atoms with E-state index in [1.54, 1.807) is 4.90 Å². The lowest BCUT2D eigenvalue weighted by Gasteiger charge is -2.16. The number of nitrogens with zero attached hydrogens (tertiary/aromatic N) is 1. The summed E-state index contributed by atoms with van der Waals surface area (Å²) in [5.41, 5.74) is 5.63. The first-order valence-corrected chi connectivity index (χ1v) is 5.94. The van der Waals surface area contributed by atoms with E-state index in [2.05, 4.69) is 0 Å². The zero-order valence-electron chi connectivity index (χ0n) is 9.73. The van der Waals surface area contributed by atoms with E-state index >= 15 is 0 Å². The maximum absolute atomic E-state index is 13.6. The molecule has 6 heteroatoms. The fourth-order valence-corrected chi connectivity index (χ4v) is 2.20. The molecule has 0 saturated carbocycles. The van der Waals surface area contributed by atoms with Gasteiger partial charge in [0.25, 0.3) is 5.91 Å². The van der Waals surface area contributed by atoms with Gasteiger partial charge < -0.3 is 10.6 Å². The van der Waals surface area contributed by atoms with Crippen molar-refractivity contribution in [2.75, 3.05) is 19.6 Å². The van der Waals surface area contributed by atoms with Crippen LogP contribution >= 0.6 is 24.0 Å². The topological polar surface area (TPSA) is 46.3 Å². The maximum Gasteiger partial charge on any atom is 0.256 e. The number of hydrogen-bond acceptors (Lipinski definition) is 2. The van der Waals surface area contributed by atoms with Crippen LogP contribution in [0.3, 0.4) is 0 Å². The van der Waals surface area contributed by atoms with E-state index in [9.17, 15) is 9.18 Å². The Labute approximate surface area is 116 Å². The standard InChI is InChI=1S/C12H14ClFN2O.ClH/c13-9-1-2-10(11(14)5-9)12(17)16-4-3-8(6-15)7-16;/h1-2,5,8H,3-4,6-7,15H2;1H. The van der Waals surface area contributed by atoms with Gasteiger partial charge in [0.05, 0.1) is 5.56 Å². The molecule has 0 spiro atoms. The largest absolute Gasteiger partial charge is 0.338 e. The fourth-order valence-electron chi connectivity index (χ4n) is 2.04. The van der Waals surface area contributed by atoms with Crippen molar-refractivity contribution in [3.05, 3.63) is 34.6 Å². The first kappa shape index (κ1) is 15.2. The summed E-state index contributed by atoms with van der Waals surface area (Å²) in [6.07, 6.45) is 0.886. The van der Waals surface area contributed by atoms with E-state index in [0.29, 0.717) is 30.6 Å². The first-order chi connectivity index (χ1) is 8.11. The summed E-state index contributed by atoms with van der Waals surface area (Å²) in [5, 5.41) is 0.292. The Balaban J connectivity index is 0.00000162. The molecule has 1 aliphatic heterocycles. The molecule has 0 aromatic heterocycles. The van der Waals surface area contributed by atoms with Crippen molar-refractivity contribution in [3.8, 4) is 0 Å². The molecule has 18 heavy (non-hydrogen) atoms. The predicted molar refractivity (Wildman–Crippen MR) is 71.7 cm³/mol. The van der Waals surface area contributed by atoms with Gasteiger partial charge in [0.15, 0.2) is 0 Å². The van der Waals surface area contributed by atoms with E-state index in [1.807, 2.05) is 0 Å². The van der Waals surface area contributed by atoms with E-state index in [4.69, 9.17) is 17.3 Å². The number of likely N-dealkylation sites (tertiary alicyclic amines) is 1. The lowest BCUT2D eigenvalue weighted by molar-refractivity contribution is 0.0783. The summed E-state index contributed by atoms with van der Waals surface area (Å²) < 4.78 is 13.6. The molecule has 3 nitrogen and oxygen atoms in total. The normalized spacial score (nSPS) is 18.6. The molecule has 1 saturated heterocycles. The van der Waals surface area contributed by atoms with E-state index in [0.717, 1.165) is 12.5 Å². The van der Waals surface area contributed by atoms with Gasteiger partial charge in [-0.3, -0.25) is 4.79 Å². The Kier molecular flexibility index (Phi) is 5.38. The summed E-state index contributed by atoms with van der Waals surface area (Å²) in [5.74, 6) is -0.525. The molecule has 1 aliphatic rings. The second kappa shape index (κ2) is 6.36. The molecule has 0 radical (unpaired) electrons. The zero-order chi connectivity index (χ0) is 12.4. The molecular formula is C12H15Cl2FN2O. The minimum absolute atomic E-state index is 0. The Morgan fingerprint density at radius 3 is 2.83 bits per heavy atom. The van der Waals surface area contributed by atoms with Gasteiger partial charge >= 0.3 is 0 Å². The summed E-state index contributed by atoms with van der Waals surface area (Å²) in [4.78, 5) is 13.7. The molecule has 0 aliphatic carbocycles. The van der Waals surface area contributed by atoms with Crippen LogP contribution in [0.25, 0.3) is 0 Å². The quantitative estimate of drug-likeness (QED) is 0.909. The van der Waals surface area contributed by atoms with E-state index in [-0.39, 0.29) is 23.9 Å². The summed E-state index contributed by atoms with van der Waals surface area (Å²) in [6.45, 7) is 1.81. The van der Waals surface area contributed by atoms with Crippen LogP contribution in [-0.4, -0.2) is 30.4 Å². The van der Waals surface area contributed by atoms with Crippen LogP contribution in [0.1, 0.15) is 16.8 Å². The van der Waals surface area contributed by atoms with Gasteiger partial charge in [-0.25, -0.2) is 4.39 Å². The molecule has 0 bridgehead atoms. The van der Waals surface area contributed by atoms with Gasteiger partial charge in [-0.2, -0.15) is 0 Å². The minimum Gasteiger partial charge on any atom is -0.338 e. The van der Waals surface area contributed by atoms with Crippen LogP contribution in [0.4, 0.5) is 4.39 Å². The van der Waals surface area contributed by atoms with Crippen LogP contribution in [0, 0.1) is 11.7 Å². The third-order valence-corrected chi connectivity index (χ3v) is 3.30. The number of rotatable bonds is 2. The van der Waals surface area contributed by atoms with Crippen molar-refractivity contribution in [3.63, 3.8) is 0 Å². The van der Waals surface area contributed by atoms with Gasteiger partial charge in [-0.05, 0) is 37.1 Å². The SMILES string of the molecule is Cl.NCC1CCN(C(=O)c2ccc(Cl)cc2F)C1. The Morgan fingerprint density at radius 2 is 2.28 bits per heavy atom. The third-order valence-electron chi connectivity index (χ3n) is 3.07. The first-order valence-electron chi connectivity index (χ1n) is 5.56. The average molecular weight is 293 g/mol. The summed E-state index contributed by atoms with van der Waals surface area (Å²) >= 11 is 5.65. The molecule has 1 aromatic rings. The van der Waals surface area contributed by atoms with Gasteiger partial charge in [-0.1, -0.05) is 11.6 Å². The molecule has 2 N–H and O–H groups in total. The Hall–Kier alpha value is -0.840. The monoisotopic (exact) mass is 292 g/mol. The molecule has 2 rings (SSSR count). The van der Waals surface area contributed by atoms with Crippen molar-refractivity contribution in [1.82, 2.24) is 4.90 Å². The molecule has 1 amide bonds. The van der Waals surface area contributed by atoms with Gasteiger partial charge in [-0.15, -0.1) is 12.4 Å². The van der Waals surface area contributed by atoms with Gasteiger partial charge in [0.2, 0.25) is 0 Å². The summed E-state index contributed by atoms with van der Waals surface area (Å²) in [6, 6.07) is 4.11. The molecule has 1 fully saturated rings. The van der Waals surface area contributed by atoms with Gasteiger partial charge in [0, 0.05) is 18.1 Å². The zero-order valence-corrected chi connectivity index (χ0v) is 11.3. The fraction of sp³-hybridized carbons (Fsp3) is 0.417. The van der Waals surface area contributed by atoms with Crippen LogP contribution in [0.15, 0.2) is 18.2 Å². The van der Waals surface area contributed by atoms with Crippen molar-refractivity contribution in [2.45, 2.75) is 6.42 Å². The highest BCUT2D eigenvalue weighted by molar-refractivity contribution is 6.30. The van der Waals surface area contributed by atoms with Crippen molar-refractivity contribution in [1.29, 1.82) is 0 Å². The predicted octanol–water partition coefficient (Wildman–Crippen LogP) is 2.32. The molecule has 1 heterocycles. The van der Waals surface area contributed by atoms with E-state index in [1.165, 1.54) is 12.1 Å². The average Bonchev–Trinajstić information content (AvgIpc) is 2.76. The smallest absolute Gasteiger partial charge is 0.256 e. The molecule has 100 valence electrons. The highest BCUT2D eigenvalue weighted by atomic mass is 35.5. The number of halogens is 3. The van der Waals surface area contributed by atoms with Gasteiger partial charge in [0.1, 0.15) is 5.82 Å². The lowest BCUT2D eigenvalue weighted by Crippen LogP contribution is -2.30. The van der Waals surface area contributed by atoms with Crippen LogP contribution < -0.4 is 5.73 Å². The number of amides is 1. The Bertz CT molecular complexity index is 442. The summed E-state index contributed by atoms with van der Waals surface area (Å²) in [7, 11) is 0. The minimum atomic E-state index is -0.571. The molecule has 1 aromatic carbocycles. The number of carbonyl (C=O) groups excluding carboxylic acids is 1. The Morgan fingerprint density at radius 1 is 1.56 bits per heavy atom. The second-order valence-electron chi connectivity index (χ2n) is 4.27.